The van der Waals surface area contributed by atoms with E-state index in [0.717, 1.165) is 30.0 Å². The summed E-state index contributed by atoms with van der Waals surface area (Å²) in [5, 5.41) is 1.30. The van der Waals surface area contributed by atoms with Crippen molar-refractivity contribution in [2.24, 2.45) is 0 Å². The van der Waals surface area contributed by atoms with Crippen molar-refractivity contribution in [2.45, 2.75) is 24.3 Å². The molecule has 2 atom stereocenters. The number of thioether (sulfide) groups is 1. The van der Waals surface area contributed by atoms with Gasteiger partial charge in [0.15, 0.2) is 0 Å². The van der Waals surface area contributed by atoms with Crippen LogP contribution in [0.15, 0.2) is 17.6 Å². The molecular weight excluding hydrogens is 262 g/mol. The molecule has 3 rings (SSSR count). The van der Waals surface area contributed by atoms with Crippen LogP contribution in [0.5, 0.6) is 0 Å². The first-order valence-electron chi connectivity index (χ1n) is 6.17. The Hall–Kier alpha value is -0.940. The van der Waals surface area contributed by atoms with E-state index >= 15 is 0 Å². The third kappa shape index (κ3) is 2.06. The largest absolute Gasteiger partial charge is 0.395 e. The molecule has 18 heavy (non-hydrogen) atoms. The van der Waals surface area contributed by atoms with Gasteiger partial charge in [-0.2, -0.15) is 11.8 Å². The van der Waals surface area contributed by atoms with Gasteiger partial charge in [-0.1, -0.05) is 13.8 Å². The van der Waals surface area contributed by atoms with Gasteiger partial charge in [-0.15, -0.1) is 11.3 Å². The zero-order chi connectivity index (χ0) is 12.7. The molecule has 1 aliphatic rings. The lowest BCUT2D eigenvalue weighted by atomic mass is 10.2. The molecule has 1 fully saturated rings. The Morgan fingerprint density at radius 1 is 1.28 bits per heavy atom. The van der Waals surface area contributed by atoms with E-state index in [-0.39, 0.29) is 0 Å². The molecule has 1 saturated heterocycles. The van der Waals surface area contributed by atoms with Crippen molar-refractivity contribution in [3.05, 3.63) is 17.6 Å². The normalized spacial score (nSPS) is 24.7. The highest BCUT2D eigenvalue weighted by atomic mass is 32.2. The van der Waals surface area contributed by atoms with Crippen LogP contribution < -0.4 is 10.6 Å². The molecule has 0 radical (unpaired) electrons. The minimum absolute atomic E-state index is 0.652. The fourth-order valence-electron chi connectivity index (χ4n) is 2.59. The SMILES string of the molecule is CC1CN(c2ccc3scnc3c2N)CC(C)S1. The van der Waals surface area contributed by atoms with Crippen LogP contribution in [0.1, 0.15) is 13.8 Å². The van der Waals surface area contributed by atoms with Gasteiger partial charge < -0.3 is 10.6 Å². The predicted octanol–water partition coefficient (Wildman–Crippen LogP) is 3.21. The molecule has 5 heteroatoms. The molecule has 2 N–H and O–H groups in total. The van der Waals surface area contributed by atoms with Gasteiger partial charge in [-0.3, -0.25) is 0 Å². The molecule has 1 aliphatic heterocycles. The van der Waals surface area contributed by atoms with Gasteiger partial charge in [0.2, 0.25) is 0 Å². The first kappa shape index (κ1) is 12.1. The van der Waals surface area contributed by atoms with E-state index in [1.54, 1.807) is 11.3 Å². The van der Waals surface area contributed by atoms with Crippen LogP contribution in [-0.4, -0.2) is 28.6 Å². The van der Waals surface area contributed by atoms with Crippen molar-refractivity contribution in [3.8, 4) is 0 Å². The third-order valence-corrected chi connectivity index (χ3v) is 5.30. The van der Waals surface area contributed by atoms with Crippen LogP contribution in [-0.2, 0) is 0 Å². The Kier molecular flexibility index (Phi) is 3.11. The summed E-state index contributed by atoms with van der Waals surface area (Å²) in [7, 11) is 0. The molecule has 3 nitrogen and oxygen atoms in total. The fraction of sp³-hybridized carbons (Fsp3) is 0.462. The van der Waals surface area contributed by atoms with Crippen molar-refractivity contribution < 1.29 is 0 Å². The van der Waals surface area contributed by atoms with E-state index in [4.69, 9.17) is 5.73 Å². The Morgan fingerprint density at radius 2 is 2.00 bits per heavy atom. The smallest absolute Gasteiger partial charge is 0.106 e. The highest BCUT2D eigenvalue weighted by molar-refractivity contribution is 8.00. The summed E-state index contributed by atoms with van der Waals surface area (Å²) in [6.07, 6.45) is 0. The molecule has 1 aromatic carbocycles. The lowest BCUT2D eigenvalue weighted by Crippen LogP contribution is -2.40. The van der Waals surface area contributed by atoms with Crippen molar-refractivity contribution in [1.29, 1.82) is 0 Å². The average molecular weight is 279 g/mol. The second kappa shape index (κ2) is 4.63. The monoisotopic (exact) mass is 279 g/mol. The van der Waals surface area contributed by atoms with Gasteiger partial charge in [0.1, 0.15) is 5.52 Å². The van der Waals surface area contributed by atoms with Crippen LogP contribution >= 0.6 is 23.1 Å². The maximum atomic E-state index is 6.28. The quantitative estimate of drug-likeness (QED) is 0.814. The first-order valence-corrected chi connectivity index (χ1v) is 7.99. The highest BCUT2D eigenvalue weighted by Crippen LogP contribution is 2.36. The average Bonchev–Trinajstić information content (AvgIpc) is 2.77. The Balaban J connectivity index is 2.00. The second-order valence-corrected chi connectivity index (χ2v) is 7.63. The molecule has 1 aromatic heterocycles. The van der Waals surface area contributed by atoms with Gasteiger partial charge in [0.25, 0.3) is 0 Å². The number of anilines is 2. The van der Waals surface area contributed by atoms with Crippen molar-refractivity contribution in [1.82, 2.24) is 4.98 Å². The summed E-state index contributed by atoms with van der Waals surface area (Å²) >= 11 is 3.70. The number of thiazole rings is 1. The van der Waals surface area contributed by atoms with E-state index < -0.39 is 0 Å². The topological polar surface area (TPSA) is 42.2 Å². The third-order valence-electron chi connectivity index (χ3n) is 3.28. The number of hydrogen-bond donors (Lipinski definition) is 1. The first-order chi connectivity index (χ1) is 8.65. The second-order valence-electron chi connectivity index (χ2n) is 4.86. The van der Waals surface area contributed by atoms with Gasteiger partial charge in [-0.05, 0) is 12.1 Å². The zero-order valence-electron chi connectivity index (χ0n) is 10.6. The Labute approximate surface area is 115 Å². The molecule has 2 aromatic rings. The summed E-state index contributed by atoms with van der Waals surface area (Å²) in [5.74, 6) is 0. The number of rotatable bonds is 1. The van der Waals surface area contributed by atoms with Crippen LogP contribution in [0.25, 0.3) is 10.2 Å². The molecule has 0 aliphatic carbocycles. The van der Waals surface area contributed by atoms with E-state index in [2.05, 4.69) is 47.6 Å². The molecule has 0 spiro atoms. The number of benzene rings is 1. The summed E-state index contributed by atoms with van der Waals surface area (Å²) in [6, 6.07) is 4.28. The number of nitrogen functional groups attached to an aromatic ring is 1. The van der Waals surface area contributed by atoms with E-state index in [1.807, 2.05) is 5.51 Å². The number of nitrogens with zero attached hydrogens (tertiary/aromatic N) is 2. The summed E-state index contributed by atoms with van der Waals surface area (Å²) in [5.41, 5.74) is 11.1. The summed E-state index contributed by atoms with van der Waals surface area (Å²) < 4.78 is 1.17. The maximum absolute atomic E-state index is 6.28. The summed E-state index contributed by atoms with van der Waals surface area (Å²) in [6.45, 7) is 6.69. The standard InChI is InChI=1S/C13H17N3S2/c1-8-5-16(6-9(2)18-8)10-3-4-11-13(12(10)14)15-7-17-11/h3-4,7-9H,5-6,14H2,1-2H3. The molecular formula is C13H17N3S2. The highest BCUT2D eigenvalue weighted by Gasteiger charge is 2.24. The van der Waals surface area contributed by atoms with Crippen molar-refractivity contribution in [2.75, 3.05) is 23.7 Å². The molecule has 0 saturated carbocycles. The Bertz CT molecular complexity index is 556. The molecule has 2 unspecified atom stereocenters. The molecule has 2 heterocycles. The van der Waals surface area contributed by atoms with E-state index in [1.165, 1.54) is 4.70 Å². The fourth-order valence-corrected chi connectivity index (χ4v) is 4.61. The molecule has 0 bridgehead atoms. The van der Waals surface area contributed by atoms with E-state index in [0.29, 0.717) is 10.5 Å². The van der Waals surface area contributed by atoms with Gasteiger partial charge in [-0.25, -0.2) is 4.98 Å². The van der Waals surface area contributed by atoms with Gasteiger partial charge in [0, 0.05) is 23.6 Å². The van der Waals surface area contributed by atoms with Crippen LogP contribution in [0, 0.1) is 0 Å². The number of aromatic nitrogens is 1. The zero-order valence-corrected chi connectivity index (χ0v) is 12.2. The summed E-state index contributed by atoms with van der Waals surface area (Å²) in [4.78, 5) is 6.78. The molecule has 96 valence electrons. The van der Waals surface area contributed by atoms with Crippen LogP contribution in [0.2, 0.25) is 0 Å². The Morgan fingerprint density at radius 3 is 2.72 bits per heavy atom. The van der Waals surface area contributed by atoms with Crippen molar-refractivity contribution in [3.63, 3.8) is 0 Å². The van der Waals surface area contributed by atoms with Gasteiger partial charge >= 0.3 is 0 Å². The minimum Gasteiger partial charge on any atom is -0.395 e. The minimum atomic E-state index is 0.652. The van der Waals surface area contributed by atoms with E-state index in [9.17, 15) is 0 Å². The number of fused-ring (bicyclic) bond motifs is 1. The van der Waals surface area contributed by atoms with Crippen LogP contribution in [0.3, 0.4) is 0 Å². The molecule has 0 amide bonds. The predicted molar refractivity (Wildman–Crippen MR) is 82.8 cm³/mol. The van der Waals surface area contributed by atoms with Gasteiger partial charge in [0.05, 0.1) is 21.6 Å². The number of hydrogen-bond acceptors (Lipinski definition) is 5. The van der Waals surface area contributed by atoms with Crippen molar-refractivity contribution >= 4 is 44.7 Å². The maximum Gasteiger partial charge on any atom is 0.106 e. The number of nitrogens with two attached hydrogens (primary N) is 1. The lowest BCUT2D eigenvalue weighted by molar-refractivity contribution is 0.729. The lowest BCUT2D eigenvalue weighted by Gasteiger charge is -2.36. The van der Waals surface area contributed by atoms with Crippen LogP contribution in [0.4, 0.5) is 11.4 Å².